The Morgan fingerprint density at radius 3 is 3.00 bits per heavy atom. The second kappa shape index (κ2) is 5.97. The summed E-state index contributed by atoms with van der Waals surface area (Å²) in [6.07, 6.45) is 8.15. The lowest BCUT2D eigenvalue weighted by atomic mass is 10.1. The topological polar surface area (TPSA) is 29.0 Å². The largest absolute Gasteiger partial charge is 0.348 e. The first kappa shape index (κ1) is 13.6. The monoisotopic (exact) mass is 347 g/mol. The Balaban J connectivity index is 1.93. The third-order valence-electron chi connectivity index (χ3n) is 3.20. The first-order valence-corrected chi connectivity index (χ1v) is 8.35. The van der Waals surface area contributed by atoms with Crippen molar-refractivity contribution in [2.45, 2.75) is 11.7 Å². The molecule has 1 aromatic heterocycles. The van der Waals surface area contributed by atoms with E-state index >= 15 is 0 Å². The zero-order valence-electron chi connectivity index (χ0n) is 11.1. The Morgan fingerprint density at radius 1 is 1.35 bits per heavy atom. The molecule has 1 aromatic carbocycles. The van der Waals surface area contributed by atoms with E-state index in [1.54, 1.807) is 11.8 Å². The maximum atomic E-state index is 4.65. The fraction of sp³-hybridized carbons (Fsp3) is 0.200. The summed E-state index contributed by atoms with van der Waals surface area (Å²) in [5, 5.41) is 0.816. The minimum absolute atomic E-state index is 0.816. The van der Waals surface area contributed by atoms with E-state index in [0.29, 0.717) is 0 Å². The van der Waals surface area contributed by atoms with Crippen LogP contribution in [0.1, 0.15) is 11.1 Å². The summed E-state index contributed by atoms with van der Waals surface area (Å²) in [6, 6.07) is 8.31. The van der Waals surface area contributed by atoms with Crippen molar-refractivity contribution in [3.63, 3.8) is 0 Å². The van der Waals surface area contributed by atoms with Crippen molar-refractivity contribution in [3.8, 4) is 0 Å². The molecule has 3 nitrogen and oxygen atoms in total. The Morgan fingerprint density at radius 2 is 2.20 bits per heavy atom. The van der Waals surface area contributed by atoms with E-state index in [1.807, 2.05) is 18.5 Å². The molecule has 0 saturated carbocycles. The van der Waals surface area contributed by atoms with E-state index in [0.717, 1.165) is 34.1 Å². The highest BCUT2D eigenvalue weighted by Crippen LogP contribution is 2.28. The number of benzene rings is 1. The van der Waals surface area contributed by atoms with Gasteiger partial charge in [0.25, 0.3) is 0 Å². The van der Waals surface area contributed by atoms with E-state index in [2.05, 4.69) is 61.1 Å². The van der Waals surface area contributed by atoms with E-state index in [9.17, 15) is 0 Å². The molecule has 0 bridgehead atoms. The van der Waals surface area contributed by atoms with Gasteiger partial charge < -0.3 is 4.90 Å². The third kappa shape index (κ3) is 2.74. The van der Waals surface area contributed by atoms with Gasteiger partial charge in [0.05, 0.1) is 0 Å². The molecule has 0 saturated heterocycles. The number of hydrogen-bond acceptors (Lipinski definition) is 4. The van der Waals surface area contributed by atoms with Gasteiger partial charge >= 0.3 is 0 Å². The number of thioether (sulfide) groups is 1. The second-order valence-corrected chi connectivity index (χ2v) is 6.14. The molecule has 1 aliphatic heterocycles. The maximum Gasteiger partial charge on any atom is 0.189 e. The summed E-state index contributed by atoms with van der Waals surface area (Å²) in [6.45, 7) is 1.71. The van der Waals surface area contributed by atoms with Crippen LogP contribution in [0.2, 0.25) is 0 Å². The van der Waals surface area contributed by atoms with E-state index in [-0.39, 0.29) is 0 Å². The van der Waals surface area contributed by atoms with Gasteiger partial charge in [-0.15, -0.1) is 0 Å². The van der Waals surface area contributed by atoms with Crippen LogP contribution >= 0.6 is 27.7 Å². The standard InChI is InChI=1S/C15H14BrN3S/c1-20-15-17-9-11-6-4-8-19(14(11)18-15)10-12-5-2-3-7-13(12)16/h2-7,9H,8,10H2,1H3. The van der Waals surface area contributed by atoms with E-state index < -0.39 is 0 Å². The highest BCUT2D eigenvalue weighted by molar-refractivity contribution is 9.10. The number of rotatable bonds is 3. The van der Waals surface area contributed by atoms with Gasteiger partial charge in [0.1, 0.15) is 5.82 Å². The van der Waals surface area contributed by atoms with Crippen molar-refractivity contribution in [3.05, 3.63) is 52.1 Å². The van der Waals surface area contributed by atoms with Gasteiger partial charge in [0.15, 0.2) is 5.16 Å². The lowest BCUT2D eigenvalue weighted by Crippen LogP contribution is -2.27. The van der Waals surface area contributed by atoms with Gasteiger partial charge in [0, 0.05) is 29.3 Å². The quantitative estimate of drug-likeness (QED) is 0.619. The highest BCUT2D eigenvalue weighted by Gasteiger charge is 2.17. The molecule has 0 atom stereocenters. The number of hydrogen-bond donors (Lipinski definition) is 0. The van der Waals surface area contributed by atoms with Crippen molar-refractivity contribution >= 4 is 39.6 Å². The first-order chi connectivity index (χ1) is 9.78. The minimum atomic E-state index is 0.816. The summed E-state index contributed by atoms with van der Waals surface area (Å²) >= 11 is 5.18. The second-order valence-electron chi connectivity index (χ2n) is 4.51. The van der Waals surface area contributed by atoms with Crippen molar-refractivity contribution in [2.24, 2.45) is 0 Å². The van der Waals surface area contributed by atoms with Crippen LogP contribution in [0.15, 0.2) is 46.2 Å². The molecule has 3 rings (SSSR count). The van der Waals surface area contributed by atoms with E-state index in [1.165, 1.54) is 5.56 Å². The van der Waals surface area contributed by atoms with Gasteiger partial charge in [-0.2, -0.15) is 0 Å². The van der Waals surface area contributed by atoms with Crippen molar-refractivity contribution in [2.75, 3.05) is 17.7 Å². The number of halogens is 1. The Kier molecular flexibility index (Phi) is 4.08. The Labute approximate surface area is 131 Å². The Bertz CT molecular complexity index is 657. The summed E-state index contributed by atoms with van der Waals surface area (Å²) in [5.41, 5.74) is 2.35. The summed E-state index contributed by atoms with van der Waals surface area (Å²) in [5.74, 6) is 1.02. The van der Waals surface area contributed by atoms with Crippen LogP contribution in [0.3, 0.4) is 0 Å². The van der Waals surface area contributed by atoms with Crippen LogP contribution < -0.4 is 4.90 Å². The average molecular weight is 348 g/mol. The summed E-state index contributed by atoms with van der Waals surface area (Å²) in [7, 11) is 0. The van der Waals surface area contributed by atoms with Crippen molar-refractivity contribution in [1.82, 2.24) is 9.97 Å². The number of nitrogens with zero attached hydrogens (tertiary/aromatic N) is 3. The fourth-order valence-corrected chi connectivity index (χ4v) is 2.95. The lowest BCUT2D eigenvalue weighted by molar-refractivity contribution is 0.808. The van der Waals surface area contributed by atoms with Crippen LogP contribution in [-0.2, 0) is 6.54 Å². The SMILES string of the molecule is CSc1ncc2c(n1)N(Cc1ccccc1Br)CC=C2. The molecule has 0 aliphatic carbocycles. The smallest absolute Gasteiger partial charge is 0.189 e. The molecule has 0 radical (unpaired) electrons. The molecule has 2 aromatic rings. The molecule has 0 fully saturated rings. The Hall–Kier alpha value is -1.33. The van der Waals surface area contributed by atoms with Crippen molar-refractivity contribution < 1.29 is 0 Å². The zero-order valence-corrected chi connectivity index (χ0v) is 13.5. The summed E-state index contributed by atoms with van der Waals surface area (Å²) in [4.78, 5) is 11.3. The average Bonchev–Trinajstić information content (AvgIpc) is 2.49. The fourth-order valence-electron chi connectivity index (χ4n) is 2.20. The summed E-state index contributed by atoms with van der Waals surface area (Å²) < 4.78 is 1.13. The lowest BCUT2D eigenvalue weighted by Gasteiger charge is -2.27. The van der Waals surface area contributed by atoms with Crippen LogP contribution in [0.25, 0.3) is 6.08 Å². The molecule has 20 heavy (non-hydrogen) atoms. The third-order valence-corrected chi connectivity index (χ3v) is 4.53. The molecule has 0 unspecified atom stereocenters. The first-order valence-electron chi connectivity index (χ1n) is 6.34. The van der Waals surface area contributed by atoms with Crippen LogP contribution in [0.5, 0.6) is 0 Å². The molecule has 1 aliphatic rings. The van der Waals surface area contributed by atoms with Crippen LogP contribution in [-0.4, -0.2) is 22.8 Å². The highest BCUT2D eigenvalue weighted by atomic mass is 79.9. The molecule has 5 heteroatoms. The molecule has 2 heterocycles. The number of anilines is 1. The maximum absolute atomic E-state index is 4.65. The molecule has 0 amide bonds. The van der Waals surface area contributed by atoms with Crippen LogP contribution in [0.4, 0.5) is 5.82 Å². The molecule has 0 spiro atoms. The molecule has 0 N–H and O–H groups in total. The van der Waals surface area contributed by atoms with Crippen LogP contribution in [0, 0.1) is 0 Å². The number of aromatic nitrogens is 2. The number of fused-ring (bicyclic) bond motifs is 1. The van der Waals surface area contributed by atoms with E-state index in [4.69, 9.17) is 0 Å². The predicted molar refractivity (Wildman–Crippen MR) is 88.0 cm³/mol. The predicted octanol–water partition coefficient (Wildman–Crippen LogP) is 3.99. The minimum Gasteiger partial charge on any atom is -0.348 e. The van der Waals surface area contributed by atoms with Gasteiger partial charge in [-0.1, -0.05) is 58.0 Å². The van der Waals surface area contributed by atoms with Gasteiger partial charge in [-0.3, -0.25) is 0 Å². The normalized spacial score (nSPS) is 13.4. The van der Waals surface area contributed by atoms with Gasteiger partial charge in [-0.05, 0) is 17.9 Å². The molecular weight excluding hydrogens is 334 g/mol. The molecular formula is C15H14BrN3S. The molecule has 102 valence electrons. The van der Waals surface area contributed by atoms with Gasteiger partial charge in [-0.25, -0.2) is 9.97 Å². The zero-order chi connectivity index (χ0) is 13.9. The van der Waals surface area contributed by atoms with Crippen molar-refractivity contribution in [1.29, 1.82) is 0 Å². The van der Waals surface area contributed by atoms with Gasteiger partial charge in [0.2, 0.25) is 0 Å².